The van der Waals surface area contributed by atoms with Gasteiger partial charge in [-0.1, -0.05) is 6.42 Å². The largest absolute Gasteiger partial charge is 0.465 e. The van der Waals surface area contributed by atoms with E-state index in [0.717, 1.165) is 18.9 Å². The molecule has 2 atom stereocenters. The highest BCUT2D eigenvalue weighted by Crippen LogP contribution is 2.37. The summed E-state index contributed by atoms with van der Waals surface area (Å²) in [7, 11) is 1.17. The van der Waals surface area contributed by atoms with Gasteiger partial charge in [0.25, 0.3) is 0 Å². The Bertz CT molecular complexity index is 576. The summed E-state index contributed by atoms with van der Waals surface area (Å²) in [6, 6.07) is 3.60. The summed E-state index contributed by atoms with van der Waals surface area (Å²) in [4.78, 5) is 23.8. The maximum atomic E-state index is 13.5. The van der Waals surface area contributed by atoms with Gasteiger partial charge in [-0.15, -0.1) is 0 Å². The van der Waals surface area contributed by atoms with Crippen molar-refractivity contribution in [1.82, 2.24) is 0 Å². The first-order valence-corrected chi connectivity index (χ1v) is 6.83. The summed E-state index contributed by atoms with van der Waals surface area (Å²) in [5.41, 5.74) is 5.49. The van der Waals surface area contributed by atoms with E-state index < -0.39 is 17.2 Å². The third-order valence-corrected chi connectivity index (χ3v) is 4.18. The van der Waals surface area contributed by atoms with Gasteiger partial charge < -0.3 is 15.8 Å². The molecule has 0 spiro atoms. The van der Waals surface area contributed by atoms with Crippen molar-refractivity contribution in [3.8, 4) is 0 Å². The van der Waals surface area contributed by atoms with Gasteiger partial charge in [0.1, 0.15) is 5.82 Å². The lowest BCUT2D eigenvalue weighted by atomic mass is 9.84. The zero-order chi connectivity index (χ0) is 15.6. The summed E-state index contributed by atoms with van der Waals surface area (Å²) in [6.07, 6.45) is 2.42. The number of carbonyl (C=O) groups excluding carboxylic acids is 2. The summed E-state index contributed by atoms with van der Waals surface area (Å²) < 4.78 is 18.1. The lowest BCUT2D eigenvalue weighted by Crippen LogP contribution is -2.44. The summed E-state index contributed by atoms with van der Waals surface area (Å²) in [6.45, 7) is 1.82. The van der Waals surface area contributed by atoms with Crippen molar-refractivity contribution in [3.05, 3.63) is 29.6 Å². The second-order valence-electron chi connectivity index (χ2n) is 5.56. The van der Waals surface area contributed by atoms with Crippen molar-refractivity contribution in [2.75, 3.05) is 12.4 Å². The fraction of sp³-hybridized carbons (Fsp3) is 0.467. The fourth-order valence-corrected chi connectivity index (χ4v) is 2.62. The molecule has 1 aliphatic carbocycles. The van der Waals surface area contributed by atoms with E-state index in [2.05, 4.69) is 10.1 Å². The van der Waals surface area contributed by atoms with Crippen LogP contribution in [0.3, 0.4) is 0 Å². The molecule has 0 bridgehead atoms. The van der Waals surface area contributed by atoms with Gasteiger partial charge in [-0.25, -0.2) is 9.18 Å². The highest BCUT2D eigenvalue weighted by Gasteiger charge is 2.42. The number of ether oxygens (including phenoxy) is 1. The van der Waals surface area contributed by atoms with Gasteiger partial charge in [0.05, 0.1) is 18.1 Å². The van der Waals surface area contributed by atoms with Crippen LogP contribution in [0.4, 0.5) is 10.1 Å². The number of halogens is 1. The topological polar surface area (TPSA) is 81.4 Å². The van der Waals surface area contributed by atoms with Crippen molar-refractivity contribution in [2.24, 2.45) is 11.1 Å². The Balaban J connectivity index is 2.20. The Hall–Kier alpha value is -1.95. The normalized spacial score (nSPS) is 24.7. The van der Waals surface area contributed by atoms with Gasteiger partial charge in [-0.2, -0.15) is 0 Å². The lowest BCUT2D eigenvalue weighted by Gasteiger charge is -2.27. The fourth-order valence-electron chi connectivity index (χ4n) is 2.62. The molecule has 6 heteroatoms. The molecule has 21 heavy (non-hydrogen) atoms. The molecule has 2 unspecified atom stereocenters. The van der Waals surface area contributed by atoms with E-state index in [1.54, 1.807) is 0 Å². The molecule has 1 aromatic carbocycles. The standard InChI is InChI=1S/C15H19FN2O3/c1-15(7-3-4-12(15)17)14(20)18-9-5-6-11(16)10(8-9)13(19)21-2/h5-6,8,12H,3-4,7,17H2,1-2H3,(H,18,20). The number of carbonyl (C=O) groups is 2. The van der Waals surface area contributed by atoms with E-state index in [1.807, 2.05) is 6.92 Å². The molecule has 1 fully saturated rings. The molecule has 1 amide bonds. The van der Waals surface area contributed by atoms with Gasteiger partial charge in [0.15, 0.2) is 0 Å². The van der Waals surface area contributed by atoms with Crippen LogP contribution >= 0.6 is 0 Å². The van der Waals surface area contributed by atoms with Gasteiger partial charge in [-0.05, 0) is 38.0 Å². The predicted molar refractivity (Wildman–Crippen MR) is 76.3 cm³/mol. The van der Waals surface area contributed by atoms with Crippen molar-refractivity contribution in [3.63, 3.8) is 0 Å². The minimum Gasteiger partial charge on any atom is -0.465 e. The van der Waals surface area contributed by atoms with Gasteiger partial charge in [0.2, 0.25) is 5.91 Å². The number of rotatable bonds is 3. The average Bonchev–Trinajstić information content (AvgIpc) is 2.81. The number of nitrogens with two attached hydrogens (primary N) is 1. The Kier molecular flexibility index (Phi) is 4.27. The Morgan fingerprint density at radius 2 is 2.19 bits per heavy atom. The molecule has 0 aliphatic heterocycles. The molecule has 0 radical (unpaired) electrons. The predicted octanol–water partition coefficient (Wildman–Crippen LogP) is 2.07. The van der Waals surface area contributed by atoms with Crippen LogP contribution < -0.4 is 11.1 Å². The molecule has 0 heterocycles. The zero-order valence-electron chi connectivity index (χ0n) is 12.1. The SMILES string of the molecule is COC(=O)c1cc(NC(=O)C2(C)CCCC2N)ccc1F. The first kappa shape index (κ1) is 15.4. The molecule has 0 saturated heterocycles. The van der Waals surface area contributed by atoms with Crippen molar-refractivity contribution in [2.45, 2.75) is 32.2 Å². The van der Waals surface area contributed by atoms with Crippen LogP contribution in [0, 0.1) is 11.2 Å². The number of hydrogen-bond acceptors (Lipinski definition) is 4. The highest BCUT2D eigenvalue weighted by atomic mass is 19.1. The molecule has 5 nitrogen and oxygen atoms in total. The molecular weight excluding hydrogens is 275 g/mol. The number of benzene rings is 1. The molecular formula is C15H19FN2O3. The average molecular weight is 294 g/mol. The number of anilines is 1. The summed E-state index contributed by atoms with van der Waals surface area (Å²) in [5, 5.41) is 2.71. The maximum absolute atomic E-state index is 13.5. The van der Waals surface area contributed by atoms with Gasteiger partial charge >= 0.3 is 5.97 Å². The van der Waals surface area contributed by atoms with Crippen LogP contribution in [0.15, 0.2) is 18.2 Å². The van der Waals surface area contributed by atoms with Crippen LogP contribution in [0.25, 0.3) is 0 Å². The van der Waals surface area contributed by atoms with Crippen molar-refractivity contribution < 1.29 is 18.7 Å². The highest BCUT2D eigenvalue weighted by molar-refractivity contribution is 5.97. The Morgan fingerprint density at radius 1 is 1.48 bits per heavy atom. The molecule has 114 valence electrons. The van der Waals surface area contributed by atoms with Gasteiger partial charge in [0, 0.05) is 11.7 Å². The quantitative estimate of drug-likeness (QED) is 0.836. The number of amides is 1. The third kappa shape index (κ3) is 2.90. The first-order valence-electron chi connectivity index (χ1n) is 6.83. The van der Waals surface area contributed by atoms with Crippen LogP contribution in [0.5, 0.6) is 0 Å². The molecule has 3 N–H and O–H groups in total. The van der Waals surface area contributed by atoms with E-state index in [4.69, 9.17) is 5.73 Å². The monoisotopic (exact) mass is 294 g/mol. The lowest BCUT2D eigenvalue weighted by molar-refractivity contribution is -0.125. The Morgan fingerprint density at radius 3 is 2.76 bits per heavy atom. The second kappa shape index (κ2) is 5.81. The van der Waals surface area contributed by atoms with Crippen LogP contribution in [-0.2, 0) is 9.53 Å². The summed E-state index contributed by atoms with van der Waals surface area (Å²) >= 11 is 0. The van der Waals surface area contributed by atoms with Gasteiger partial charge in [-0.3, -0.25) is 4.79 Å². The number of hydrogen-bond donors (Lipinski definition) is 2. The zero-order valence-corrected chi connectivity index (χ0v) is 12.1. The molecule has 1 aliphatic rings. The third-order valence-electron chi connectivity index (χ3n) is 4.18. The minimum absolute atomic E-state index is 0.196. The van der Waals surface area contributed by atoms with E-state index in [-0.39, 0.29) is 17.5 Å². The number of esters is 1. The van der Waals surface area contributed by atoms with Crippen molar-refractivity contribution >= 4 is 17.6 Å². The second-order valence-corrected chi connectivity index (χ2v) is 5.56. The van der Waals surface area contributed by atoms with E-state index in [9.17, 15) is 14.0 Å². The number of nitrogens with one attached hydrogen (secondary N) is 1. The molecule has 0 aromatic heterocycles. The van der Waals surface area contributed by atoms with Crippen LogP contribution in [0.1, 0.15) is 36.5 Å². The van der Waals surface area contributed by atoms with Crippen LogP contribution in [0.2, 0.25) is 0 Å². The molecule has 2 rings (SSSR count). The van der Waals surface area contributed by atoms with E-state index in [0.29, 0.717) is 12.1 Å². The molecule has 1 saturated carbocycles. The molecule has 1 aromatic rings. The number of methoxy groups -OCH3 is 1. The van der Waals surface area contributed by atoms with Crippen LogP contribution in [-0.4, -0.2) is 25.0 Å². The smallest absolute Gasteiger partial charge is 0.340 e. The van der Waals surface area contributed by atoms with Crippen molar-refractivity contribution in [1.29, 1.82) is 0 Å². The Labute approximate surface area is 122 Å². The first-order chi connectivity index (χ1) is 9.88. The van der Waals surface area contributed by atoms with E-state index in [1.165, 1.54) is 19.2 Å². The minimum atomic E-state index is -0.785. The van der Waals surface area contributed by atoms with E-state index >= 15 is 0 Å². The summed E-state index contributed by atoms with van der Waals surface area (Å²) in [5.74, 6) is -1.69. The maximum Gasteiger partial charge on any atom is 0.340 e.